The van der Waals surface area contributed by atoms with Crippen LogP contribution in [-0.4, -0.2) is 15.0 Å². The van der Waals surface area contributed by atoms with E-state index in [9.17, 15) is 0 Å². The summed E-state index contributed by atoms with van der Waals surface area (Å²) in [6, 6.07) is 7.68. The Hall–Kier alpha value is -1.77. The highest BCUT2D eigenvalue weighted by atomic mass is 14.9. The molecule has 3 heteroatoms. The topological polar surface area (TPSA) is 38.7 Å². The van der Waals surface area contributed by atoms with Crippen molar-refractivity contribution in [3.05, 3.63) is 54.4 Å². The summed E-state index contributed by atoms with van der Waals surface area (Å²) in [5.41, 5.74) is 0.999. The summed E-state index contributed by atoms with van der Waals surface area (Å²) in [6.45, 7) is 2.05. The number of nitrogens with zero attached hydrogens (tertiary/aromatic N) is 3. The van der Waals surface area contributed by atoms with Gasteiger partial charge in [0.2, 0.25) is 0 Å². The molecule has 0 N–H and O–H groups in total. The highest BCUT2D eigenvalue weighted by Gasteiger charge is 2.10. The lowest BCUT2D eigenvalue weighted by Gasteiger charge is -2.07. The van der Waals surface area contributed by atoms with E-state index in [1.807, 2.05) is 24.3 Å². The first kappa shape index (κ1) is 8.81. The molecule has 2 aromatic heterocycles. The zero-order valence-electron chi connectivity index (χ0n) is 7.96. The fraction of sp³-hybridized carbons (Fsp3) is 0.182. The second-order valence-electron chi connectivity index (χ2n) is 3.08. The van der Waals surface area contributed by atoms with Gasteiger partial charge >= 0.3 is 0 Å². The van der Waals surface area contributed by atoms with Crippen LogP contribution in [0.3, 0.4) is 0 Å². The summed E-state index contributed by atoms with van der Waals surface area (Å²) >= 11 is 0. The summed E-state index contributed by atoms with van der Waals surface area (Å²) in [6.07, 6.45) is 5.29. The van der Waals surface area contributed by atoms with Gasteiger partial charge in [-0.25, -0.2) is 9.97 Å². The molecule has 0 radical (unpaired) electrons. The SMILES string of the molecule is CC(c1ccccn1)c1ncccn1. The number of pyridine rings is 1. The molecule has 0 spiro atoms. The maximum atomic E-state index is 4.28. The molecule has 70 valence electrons. The summed E-state index contributed by atoms with van der Waals surface area (Å²) in [4.78, 5) is 12.7. The first-order chi connectivity index (χ1) is 6.88. The number of rotatable bonds is 2. The van der Waals surface area contributed by atoms with Crippen molar-refractivity contribution in [3.8, 4) is 0 Å². The van der Waals surface area contributed by atoms with E-state index < -0.39 is 0 Å². The molecule has 14 heavy (non-hydrogen) atoms. The number of hydrogen-bond donors (Lipinski definition) is 0. The van der Waals surface area contributed by atoms with Crippen molar-refractivity contribution in [1.82, 2.24) is 15.0 Å². The summed E-state index contributed by atoms with van der Waals surface area (Å²) < 4.78 is 0. The standard InChI is InChI=1S/C11H11N3/c1-9(10-5-2-3-6-12-10)11-13-7-4-8-14-11/h2-9H,1H3. The second-order valence-corrected chi connectivity index (χ2v) is 3.08. The summed E-state index contributed by atoms with van der Waals surface area (Å²) in [5, 5.41) is 0. The molecule has 0 aliphatic rings. The van der Waals surface area contributed by atoms with E-state index in [-0.39, 0.29) is 5.92 Å². The van der Waals surface area contributed by atoms with Gasteiger partial charge in [0.05, 0.1) is 11.6 Å². The van der Waals surface area contributed by atoms with Gasteiger partial charge < -0.3 is 0 Å². The van der Waals surface area contributed by atoms with E-state index in [1.54, 1.807) is 18.6 Å². The van der Waals surface area contributed by atoms with Crippen LogP contribution in [0.2, 0.25) is 0 Å². The summed E-state index contributed by atoms with van der Waals surface area (Å²) in [7, 11) is 0. The van der Waals surface area contributed by atoms with Crippen molar-refractivity contribution in [2.75, 3.05) is 0 Å². The predicted octanol–water partition coefficient (Wildman–Crippen LogP) is 2.02. The Morgan fingerprint density at radius 3 is 2.29 bits per heavy atom. The number of aromatic nitrogens is 3. The van der Waals surface area contributed by atoms with Crippen LogP contribution in [-0.2, 0) is 0 Å². The third-order valence-corrected chi connectivity index (χ3v) is 2.10. The van der Waals surface area contributed by atoms with Gasteiger partial charge in [-0.2, -0.15) is 0 Å². The van der Waals surface area contributed by atoms with Crippen LogP contribution in [0.25, 0.3) is 0 Å². The van der Waals surface area contributed by atoms with Crippen molar-refractivity contribution in [2.24, 2.45) is 0 Å². The highest BCUT2D eigenvalue weighted by molar-refractivity contribution is 5.16. The Balaban J connectivity index is 2.30. The quantitative estimate of drug-likeness (QED) is 0.718. The average Bonchev–Trinajstić information content (AvgIpc) is 2.30. The van der Waals surface area contributed by atoms with Gasteiger partial charge in [-0.05, 0) is 25.1 Å². The molecule has 3 nitrogen and oxygen atoms in total. The van der Waals surface area contributed by atoms with E-state index >= 15 is 0 Å². The van der Waals surface area contributed by atoms with E-state index in [0.717, 1.165) is 11.5 Å². The van der Waals surface area contributed by atoms with Crippen molar-refractivity contribution >= 4 is 0 Å². The normalized spacial score (nSPS) is 12.4. The fourth-order valence-electron chi connectivity index (χ4n) is 1.30. The van der Waals surface area contributed by atoms with Gasteiger partial charge in [0.25, 0.3) is 0 Å². The third-order valence-electron chi connectivity index (χ3n) is 2.10. The third kappa shape index (κ3) is 1.76. The largest absolute Gasteiger partial charge is 0.261 e. The van der Waals surface area contributed by atoms with Crippen LogP contribution in [0, 0.1) is 0 Å². The van der Waals surface area contributed by atoms with E-state index in [2.05, 4.69) is 21.9 Å². The van der Waals surface area contributed by atoms with Crippen LogP contribution in [0.1, 0.15) is 24.4 Å². The molecule has 2 heterocycles. The molecule has 2 aromatic rings. The molecule has 0 aliphatic carbocycles. The van der Waals surface area contributed by atoms with Crippen molar-refractivity contribution < 1.29 is 0 Å². The zero-order chi connectivity index (χ0) is 9.80. The molecule has 0 fully saturated rings. The van der Waals surface area contributed by atoms with Crippen LogP contribution >= 0.6 is 0 Å². The first-order valence-electron chi connectivity index (χ1n) is 4.56. The molecule has 1 unspecified atom stereocenters. The van der Waals surface area contributed by atoms with E-state index in [0.29, 0.717) is 0 Å². The number of hydrogen-bond acceptors (Lipinski definition) is 3. The fourth-order valence-corrected chi connectivity index (χ4v) is 1.30. The Morgan fingerprint density at radius 2 is 1.64 bits per heavy atom. The predicted molar refractivity (Wildman–Crippen MR) is 53.8 cm³/mol. The maximum Gasteiger partial charge on any atom is 0.136 e. The maximum absolute atomic E-state index is 4.28. The zero-order valence-corrected chi connectivity index (χ0v) is 7.96. The lowest BCUT2D eigenvalue weighted by molar-refractivity contribution is 0.786. The van der Waals surface area contributed by atoms with E-state index in [1.165, 1.54) is 0 Å². The molecule has 0 amide bonds. The average molecular weight is 185 g/mol. The molecule has 0 bridgehead atoms. The lowest BCUT2D eigenvalue weighted by atomic mass is 10.1. The van der Waals surface area contributed by atoms with Gasteiger partial charge in [0.1, 0.15) is 5.82 Å². The van der Waals surface area contributed by atoms with Gasteiger partial charge in [0, 0.05) is 18.6 Å². The van der Waals surface area contributed by atoms with Gasteiger partial charge in [-0.1, -0.05) is 6.07 Å². The van der Waals surface area contributed by atoms with Crippen molar-refractivity contribution in [3.63, 3.8) is 0 Å². The van der Waals surface area contributed by atoms with Crippen LogP contribution in [0.15, 0.2) is 42.9 Å². The molecule has 0 saturated heterocycles. The Labute approximate surface area is 82.9 Å². The lowest BCUT2D eigenvalue weighted by Crippen LogP contribution is -2.02. The minimum absolute atomic E-state index is 0.150. The molecule has 1 atom stereocenters. The second kappa shape index (κ2) is 3.96. The monoisotopic (exact) mass is 185 g/mol. The van der Waals surface area contributed by atoms with Crippen molar-refractivity contribution in [1.29, 1.82) is 0 Å². The Bertz CT molecular complexity index is 346. The van der Waals surface area contributed by atoms with Gasteiger partial charge in [-0.3, -0.25) is 4.98 Å². The first-order valence-corrected chi connectivity index (χ1v) is 4.56. The molecular weight excluding hydrogens is 174 g/mol. The minimum Gasteiger partial charge on any atom is -0.261 e. The van der Waals surface area contributed by atoms with E-state index in [4.69, 9.17) is 0 Å². The molecule has 2 rings (SSSR count). The smallest absolute Gasteiger partial charge is 0.136 e. The molecular formula is C11H11N3. The summed E-state index contributed by atoms with van der Waals surface area (Å²) in [5.74, 6) is 0.962. The molecule has 0 aliphatic heterocycles. The Morgan fingerprint density at radius 1 is 0.929 bits per heavy atom. The van der Waals surface area contributed by atoms with Crippen LogP contribution in [0.4, 0.5) is 0 Å². The van der Waals surface area contributed by atoms with Gasteiger partial charge in [0.15, 0.2) is 0 Å². The Kier molecular flexibility index (Phi) is 2.49. The van der Waals surface area contributed by atoms with Crippen molar-refractivity contribution in [2.45, 2.75) is 12.8 Å². The van der Waals surface area contributed by atoms with Crippen LogP contribution in [0.5, 0.6) is 0 Å². The molecule has 0 saturated carbocycles. The highest BCUT2D eigenvalue weighted by Crippen LogP contribution is 2.17. The van der Waals surface area contributed by atoms with Crippen LogP contribution < -0.4 is 0 Å². The molecule has 0 aromatic carbocycles. The minimum atomic E-state index is 0.150. The van der Waals surface area contributed by atoms with Gasteiger partial charge in [-0.15, -0.1) is 0 Å².